The van der Waals surface area contributed by atoms with Gasteiger partial charge in [-0.3, -0.25) is 5.01 Å². The summed E-state index contributed by atoms with van der Waals surface area (Å²) in [6.45, 7) is 3.47. The van der Waals surface area contributed by atoms with Gasteiger partial charge in [-0.25, -0.2) is 15.0 Å². The summed E-state index contributed by atoms with van der Waals surface area (Å²) < 4.78 is 18.9. The van der Waals surface area contributed by atoms with Gasteiger partial charge >= 0.3 is 5.97 Å². The minimum atomic E-state index is -1.22. The second-order valence-electron chi connectivity index (χ2n) is 5.09. The summed E-state index contributed by atoms with van der Waals surface area (Å²) in [6.07, 6.45) is 1.25. The number of ether oxygens (including phenoxy) is 1. The van der Waals surface area contributed by atoms with E-state index in [1.807, 2.05) is 0 Å². The van der Waals surface area contributed by atoms with Gasteiger partial charge in [-0.15, -0.1) is 0 Å². The highest BCUT2D eigenvalue weighted by molar-refractivity contribution is 6.30. The predicted octanol–water partition coefficient (Wildman–Crippen LogP) is 3.85. The van der Waals surface area contributed by atoms with Crippen molar-refractivity contribution < 1.29 is 19.0 Å². The van der Waals surface area contributed by atoms with Crippen LogP contribution in [0.3, 0.4) is 0 Å². The SMILES string of the molecule is C=C(/C=C(/c1cc(F)cc(OC)c1)N(N)c1cccc(Cl)c1)C(=O)O. The van der Waals surface area contributed by atoms with E-state index in [-0.39, 0.29) is 17.0 Å². The van der Waals surface area contributed by atoms with Crippen LogP contribution >= 0.6 is 11.6 Å². The smallest absolute Gasteiger partial charge is 0.335 e. The average molecular weight is 363 g/mol. The first-order valence-electron chi connectivity index (χ1n) is 7.11. The molecule has 2 rings (SSSR count). The molecule has 0 aliphatic heterocycles. The van der Waals surface area contributed by atoms with Crippen molar-refractivity contribution in [2.75, 3.05) is 12.1 Å². The number of nitrogens with two attached hydrogens (primary N) is 1. The Balaban J connectivity index is 2.59. The summed E-state index contributed by atoms with van der Waals surface area (Å²) in [7, 11) is 1.40. The number of carboxylic acid groups (broad SMARTS) is 1. The third kappa shape index (κ3) is 4.59. The minimum Gasteiger partial charge on any atom is -0.497 e. The molecule has 0 amide bonds. The molecule has 0 heterocycles. The Morgan fingerprint density at radius 1 is 1.36 bits per heavy atom. The Bertz CT molecular complexity index is 852. The molecule has 0 bridgehead atoms. The second-order valence-corrected chi connectivity index (χ2v) is 5.53. The first-order valence-corrected chi connectivity index (χ1v) is 7.49. The number of anilines is 1. The molecule has 0 saturated heterocycles. The number of benzene rings is 2. The van der Waals surface area contributed by atoms with Gasteiger partial charge in [-0.2, -0.15) is 0 Å². The summed E-state index contributed by atoms with van der Waals surface area (Å²) >= 11 is 5.98. The lowest BCUT2D eigenvalue weighted by atomic mass is 10.1. The molecule has 0 spiro atoms. The molecule has 5 nitrogen and oxygen atoms in total. The zero-order valence-electron chi connectivity index (χ0n) is 13.4. The number of methoxy groups -OCH3 is 1. The molecule has 0 unspecified atom stereocenters. The average Bonchev–Trinajstić information content (AvgIpc) is 2.58. The summed E-state index contributed by atoms with van der Waals surface area (Å²) in [4.78, 5) is 11.1. The quantitative estimate of drug-likeness (QED) is 0.353. The number of carboxylic acids is 1. The standard InChI is InChI=1S/C18H16ClFN2O3/c1-11(18(23)24)6-17(12-7-14(20)10-16(8-12)25-2)22(21)15-5-3-4-13(19)9-15/h3-10H,1,21H2,2H3,(H,23,24)/b17-6-. The van der Waals surface area contributed by atoms with Crippen LogP contribution in [0.2, 0.25) is 5.02 Å². The molecule has 0 atom stereocenters. The van der Waals surface area contributed by atoms with Gasteiger partial charge in [0.15, 0.2) is 0 Å². The lowest BCUT2D eigenvalue weighted by molar-refractivity contribution is -0.132. The number of halogens is 2. The van der Waals surface area contributed by atoms with Gasteiger partial charge in [0, 0.05) is 16.7 Å². The molecule has 0 aliphatic carbocycles. The van der Waals surface area contributed by atoms with Gasteiger partial charge in [0.25, 0.3) is 0 Å². The van der Waals surface area contributed by atoms with Crippen molar-refractivity contribution in [3.05, 3.63) is 77.1 Å². The Hall–Kier alpha value is -2.83. The molecule has 130 valence electrons. The summed E-state index contributed by atoms with van der Waals surface area (Å²) in [5, 5.41) is 10.8. The zero-order valence-corrected chi connectivity index (χ0v) is 14.1. The second kappa shape index (κ2) is 7.83. The number of hydrogen-bond donors (Lipinski definition) is 2. The van der Waals surface area contributed by atoms with Crippen LogP contribution in [-0.2, 0) is 4.79 Å². The van der Waals surface area contributed by atoms with Crippen LogP contribution in [0.15, 0.2) is 60.7 Å². The van der Waals surface area contributed by atoms with Gasteiger partial charge in [0.2, 0.25) is 0 Å². The normalized spacial score (nSPS) is 11.1. The molecule has 0 aliphatic rings. The summed E-state index contributed by atoms with van der Waals surface area (Å²) in [5.74, 6) is 4.63. The van der Waals surface area contributed by atoms with Gasteiger partial charge in [0.05, 0.1) is 24.1 Å². The maximum absolute atomic E-state index is 13.9. The van der Waals surface area contributed by atoms with E-state index in [1.54, 1.807) is 24.3 Å². The van der Waals surface area contributed by atoms with Crippen molar-refractivity contribution in [2.45, 2.75) is 0 Å². The van der Waals surface area contributed by atoms with Gasteiger partial charge in [-0.05, 0) is 36.4 Å². The lowest BCUT2D eigenvalue weighted by Gasteiger charge is -2.23. The van der Waals surface area contributed by atoms with Crippen molar-refractivity contribution >= 4 is 29.0 Å². The molecule has 2 aromatic rings. The van der Waals surface area contributed by atoms with Gasteiger partial charge < -0.3 is 9.84 Å². The van der Waals surface area contributed by atoms with Crippen LogP contribution in [0.4, 0.5) is 10.1 Å². The van der Waals surface area contributed by atoms with E-state index < -0.39 is 11.8 Å². The molecule has 0 aromatic heterocycles. The number of rotatable bonds is 6. The summed E-state index contributed by atoms with van der Waals surface area (Å²) in [6, 6.07) is 10.6. The van der Waals surface area contributed by atoms with E-state index in [0.29, 0.717) is 16.3 Å². The maximum Gasteiger partial charge on any atom is 0.335 e. The molecule has 0 fully saturated rings. The van der Waals surface area contributed by atoms with Gasteiger partial charge in [-0.1, -0.05) is 24.2 Å². The van der Waals surface area contributed by atoms with E-state index >= 15 is 0 Å². The maximum atomic E-state index is 13.9. The molecular weight excluding hydrogens is 347 g/mol. The number of hydrogen-bond acceptors (Lipinski definition) is 4. The monoisotopic (exact) mass is 362 g/mol. The molecule has 7 heteroatoms. The number of nitrogens with zero attached hydrogens (tertiary/aromatic N) is 1. The minimum absolute atomic E-state index is 0.212. The highest BCUT2D eigenvalue weighted by atomic mass is 35.5. The Morgan fingerprint density at radius 3 is 2.68 bits per heavy atom. The Morgan fingerprint density at radius 2 is 2.08 bits per heavy atom. The lowest BCUT2D eigenvalue weighted by Crippen LogP contribution is -2.29. The van der Waals surface area contributed by atoms with Crippen molar-refractivity contribution in [1.82, 2.24) is 0 Å². The number of aliphatic carboxylic acids is 1. The van der Waals surface area contributed by atoms with Crippen LogP contribution in [0.5, 0.6) is 5.75 Å². The van der Waals surface area contributed by atoms with E-state index in [0.717, 1.165) is 0 Å². The predicted molar refractivity (Wildman–Crippen MR) is 95.8 cm³/mol. The fraction of sp³-hybridized carbons (Fsp3) is 0.0556. The van der Waals surface area contributed by atoms with Crippen molar-refractivity contribution in [3.8, 4) is 5.75 Å². The first kappa shape index (κ1) is 18.5. The Labute approximate surface area is 149 Å². The third-order valence-electron chi connectivity index (χ3n) is 3.33. The van der Waals surface area contributed by atoms with Gasteiger partial charge in [0.1, 0.15) is 11.6 Å². The van der Waals surface area contributed by atoms with Crippen LogP contribution in [0.1, 0.15) is 5.56 Å². The molecule has 0 saturated carbocycles. The zero-order chi connectivity index (χ0) is 18.6. The largest absolute Gasteiger partial charge is 0.497 e. The fourth-order valence-corrected chi connectivity index (χ4v) is 2.30. The molecule has 0 radical (unpaired) electrons. The topological polar surface area (TPSA) is 75.8 Å². The van der Waals surface area contributed by atoms with E-state index in [2.05, 4.69) is 6.58 Å². The van der Waals surface area contributed by atoms with E-state index in [4.69, 9.17) is 27.3 Å². The van der Waals surface area contributed by atoms with Crippen molar-refractivity contribution in [2.24, 2.45) is 5.84 Å². The van der Waals surface area contributed by atoms with Crippen LogP contribution in [-0.4, -0.2) is 18.2 Å². The number of hydrazine groups is 1. The molecule has 25 heavy (non-hydrogen) atoms. The first-order chi connectivity index (χ1) is 11.8. The van der Waals surface area contributed by atoms with Crippen LogP contribution in [0.25, 0.3) is 5.70 Å². The highest BCUT2D eigenvalue weighted by Crippen LogP contribution is 2.29. The number of carbonyl (C=O) groups is 1. The van der Waals surface area contributed by atoms with Crippen molar-refractivity contribution in [1.29, 1.82) is 0 Å². The van der Waals surface area contributed by atoms with Crippen molar-refractivity contribution in [3.63, 3.8) is 0 Å². The van der Waals surface area contributed by atoms with E-state index in [1.165, 1.54) is 36.4 Å². The molecular formula is C18H16ClFN2O3. The van der Waals surface area contributed by atoms with E-state index in [9.17, 15) is 9.18 Å². The van der Waals surface area contributed by atoms with Crippen LogP contribution in [0, 0.1) is 5.82 Å². The Kier molecular flexibility index (Phi) is 5.80. The molecule has 3 N–H and O–H groups in total. The molecule has 2 aromatic carbocycles. The fourth-order valence-electron chi connectivity index (χ4n) is 2.11. The van der Waals surface area contributed by atoms with Crippen LogP contribution < -0.4 is 15.6 Å². The third-order valence-corrected chi connectivity index (χ3v) is 3.57. The highest BCUT2D eigenvalue weighted by Gasteiger charge is 2.15. The summed E-state index contributed by atoms with van der Waals surface area (Å²) in [5.41, 5.74) is 0.810.